The Morgan fingerprint density at radius 3 is 2.68 bits per heavy atom. The molecule has 1 aliphatic rings. The van der Waals surface area contributed by atoms with Gasteiger partial charge in [-0.25, -0.2) is 0 Å². The Kier molecular flexibility index (Phi) is 7.28. The van der Waals surface area contributed by atoms with Crippen LogP contribution < -0.4 is 10.5 Å². The number of nitrogens with two attached hydrogens (primary N) is 1. The van der Waals surface area contributed by atoms with E-state index in [-0.39, 0.29) is 0 Å². The van der Waals surface area contributed by atoms with E-state index >= 15 is 0 Å². The number of ether oxygens (including phenoxy) is 1. The van der Waals surface area contributed by atoms with Gasteiger partial charge in [0.25, 0.3) is 0 Å². The molecule has 28 heavy (non-hydrogen) atoms. The molecule has 0 atom stereocenters. The minimum atomic E-state index is 0.617. The van der Waals surface area contributed by atoms with Gasteiger partial charge in [-0.05, 0) is 55.9 Å². The molecule has 0 radical (unpaired) electrons. The molecular weight excluding hydrogens is 354 g/mol. The third-order valence-corrected chi connectivity index (χ3v) is 5.25. The van der Waals surface area contributed by atoms with Gasteiger partial charge < -0.3 is 19.9 Å². The van der Waals surface area contributed by atoms with E-state index in [1.165, 1.54) is 12.8 Å². The first-order valence-electron chi connectivity index (χ1n) is 10.2. The van der Waals surface area contributed by atoms with Crippen molar-refractivity contribution in [2.45, 2.75) is 45.4 Å². The molecule has 2 heterocycles. The van der Waals surface area contributed by atoms with Gasteiger partial charge >= 0.3 is 0 Å². The molecule has 3 rings (SSSR count). The summed E-state index contributed by atoms with van der Waals surface area (Å²) in [4.78, 5) is 11.2. The van der Waals surface area contributed by atoms with E-state index < -0.39 is 0 Å². The molecule has 1 aliphatic heterocycles. The van der Waals surface area contributed by atoms with Crippen molar-refractivity contribution < 1.29 is 9.26 Å². The van der Waals surface area contributed by atoms with E-state index in [4.69, 9.17) is 15.0 Å². The predicted octanol–water partition coefficient (Wildman–Crippen LogP) is 3.50. The molecule has 0 saturated carbocycles. The van der Waals surface area contributed by atoms with E-state index in [9.17, 15) is 0 Å². The molecule has 0 amide bonds. The van der Waals surface area contributed by atoms with Crippen LogP contribution in [0.2, 0.25) is 0 Å². The lowest BCUT2D eigenvalue weighted by molar-refractivity contribution is 0.277. The van der Waals surface area contributed by atoms with Gasteiger partial charge in [-0.3, -0.25) is 4.99 Å². The first-order chi connectivity index (χ1) is 13.7. The maximum atomic E-state index is 6.11. The van der Waals surface area contributed by atoms with Gasteiger partial charge in [-0.1, -0.05) is 18.5 Å². The third kappa shape index (κ3) is 5.71. The summed E-state index contributed by atoms with van der Waals surface area (Å²) in [6.45, 7) is 5.14. The molecule has 1 aromatic carbocycles. The van der Waals surface area contributed by atoms with Crippen LogP contribution in [0.5, 0.6) is 5.75 Å². The fraction of sp³-hybridized carbons (Fsp3) is 0.571. The van der Waals surface area contributed by atoms with Crippen molar-refractivity contribution in [1.82, 2.24) is 15.0 Å². The van der Waals surface area contributed by atoms with Gasteiger partial charge in [0.1, 0.15) is 5.75 Å². The monoisotopic (exact) mass is 385 g/mol. The minimum absolute atomic E-state index is 0.617. The Labute approximate surface area is 167 Å². The number of benzene rings is 1. The van der Waals surface area contributed by atoms with E-state index in [2.05, 4.69) is 27.0 Å². The average Bonchev–Trinajstić information content (AvgIpc) is 3.20. The molecule has 1 aromatic heterocycles. The second-order valence-electron chi connectivity index (χ2n) is 7.46. The fourth-order valence-electron chi connectivity index (χ4n) is 3.31. The van der Waals surface area contributed by atoms with Gasteiger partial charge in [0.05, 0.1) is 7.11 Å². The third-order valence-electron chi connectivity index (χ3n) is 5.25. The summed E-state index contributed by atoms with van der Waals surface area (Å²) < 4.78 is 10.5. The summed E-state index contributed by atoms with van der Waals surface area (Å²) >= 11 is 0. The molecule has 2 N–H and O–H groups in total. The Morgan fingerprint density at radius 1 is 1.21 bits per heavy atom. The predicted molar refractivity (Wildman–Crippen MR) is 110 cm³/mol. The summed E-state index contributed by atoms with van der Waals surface area (Å²) in [5, 5.41) is 4.07. The Bertz CT molecular complexity index is 748. The molecule has 2 aromatic rings. The maximum absolute atomic E-state index is 6.11. The number of guanidine groups is 1. The molecule has 1 saturated heterocycles. The van der Waals surface area contributed by atoms with Crippen molar-refractivity contribution in [2.75, 3.05) is 26.7 Å². The van der Waals surface area contributed by atoms with Crippen LogP contribution in [-0.4, -0.2) is 47.7 Å². The van der Waals surface area contributed by atoms with Gasteiger partial charge in [-0.2, -0.15) is 4.98 Å². The molecule has 0 unspecified atom stereocenters. The number of hydrogen-bond donors (Lipinski definition) is 1. The highest BCUT2D eigenvalue weighted by Crippen LogP contribution is 2.20. The van der Waals surface area contributed by atoms with Crippen molar-refractivity contribution >= 4 is 5.96 Å². The minimum Gasteiger partial charge on any atom is -0.497 e. The number of aliphatic imine (C=N–C) groups is 1. The van der Waals surface area contributed by atoms with Crippen molar-refractivity contribution in [3.05, 3.63) is 30.2 Å². The van der Waals surface area contributed by atoms with Crippen molar-refractivity contribution in [2.24, 2.45) is 16.6 Å². The van der Waals surface area contributed by atoms with E-state index in [1.807, 2.05) is 24.3 Å². The number of aryl methyl sites for hydroxylation is 1. The number of unbranched alkanes of at least 4 members (excludes halogenated alkanes) is 2. The van der Waals surface area contributed by atoms with Crippen molar-refractivity contribution in [3.63, 3.8) is 0 Å². The summed E-state index contributed by atoms with van der Waals surface area (Å²) in [5.41, 5.74) is 7.03. The molecule has 7 heteroatoms. The van der Waals surface area contributed by atoms with E-state index in [0.29, 0.717) is 17.7 Å². The second kappa shape index (κ2) is 10.1. The molecular formula is C21H31N5O2. The molecule has 0 spiro atoms. The zero-order valence-corrected chi connectivity index (χ0v) is 16.9. The Hall–Kier alpha value is -2.57. The highest BCUT2D eigenvalue weighted by atomic mass is 16.5. The highest BCUT2D eigenvalue weighted by molar-refractivity contribution is 5.78. The second-order valence-corrected chi connectivity index (χ2v) is 7.46. The molecule has 7 nitrogen and oxygen atoms in total. The topological polar surface area (TPSA) is 89.8 Å². The summed E-state index contributed by atoms with van der Waals surface area (Å²) in [6.07, 6.45) is 6.28. The number of likely N-dealkylation sites (tertiary alicyclic amines) is 1. The number of piperidine rings is 1. The molecule has 1 fully saturated rings. The van der Waals surface area contributed by atoms with Crippen LogP contribution in [0.4, 0.5) is 0 Å². The van der Waals surface area contributed by atoms with Crippen LogP contribution >= 0.6 is 0 Å². The lowest BCUT2D eigenvalue weighted by Gasteiger charge is -2.31. The van der Waals surface area contributed by atoms with Crippen molar-refractivity contribution in [3.8, 4) is 17.1 Å². The van der Waals surface area contributed by atoms with Crippen LogP contribution in [0.1, 0.15) is 44.9 Å². The molecule has 152 valence electrons. The van der Waals surface area contributed by atoms with Gasteiger partial charge in [0, 0.05) is 31.6 Å². The standard InChI is InChI=1S/C21H31N5O2/c1-16-11-14-26(15-12-16)21(22)23-13-5-3-4-6-19-24-20(25-28-19)17-7-9-18(27-2)10-8-17/h7-10,16H,3-6,11-15H2,1-2H3,(H2,22,23). The SMILES string of the molecule is COc1ccc(-c2noc(CCCCCN=C(N)N3CCC(C)CC3)n2)cc1. The van der Waals surface area contributed by atoms with E-state index in [1.54, 1.807) is 7.11 Å². The van der Waals surface area contributed by atoms with E-state index in [0.717, 1.165) is 62.5 Å². The summed E-state index contributed by atoms with van der Waals surface area (Å²) in [6, 6.07) is 7.64. The smallest absolute Gasteiger partial charge is 0.226 e. The highest BCUT2D eigenvalue weighted by Gasteiger charge is 2.16. The van der Waals surface area contributed by atoms with Crippen LogP contribution in [0.15, 0.2) is 33.8 Å². The molecule has 0 aliphatic carbocycles. The first kappa shape index (κ1) is 20.2. The Balaban J connectivity index is 1.35. The number of nitrogens with zero attached hydrogens (tertiary/aromatic N) is 4. The average molecular weight is 386 g/mol. The fourth-order valence-corrected chi connectivity index (χ4v) is 3.31. The summed E-state index contributed by atoms with van der Waals surface area (Å²) in [7, 11) is 1.65. The number of hydrogen-bond acceptors (Lipinski definition) is 5. The van der Waals surface area contributed by atoms with Crippen LogP contribution in [0, 0.1) is 5.92 Å². The normalized spacial score (nSPS) is 15.8. The lowest BCUT2D eigenvalue weighted by atomic mass is 10.00. The maximum Gasteiger partial charge on any atom is 0.226 e. The number of rotatable bonds is 8. The Morgan fingerprint density at radius 2 is 1.96 bits per heavy atom. The van der Waals surface area contributed by atoms with Gasteiger partial charge in [-0.15, -0.1) is 0 Å². The number of methoxy groups -OCH3 is 1. The lowest BCUT2D eigenvalue weighted by Crippen LogP contribution is -2.42. The van der Waals surface area contributed by atoms with Gasteiger partial charge in [0.15, 0.2) is 5.96 Å². The van der Waals surface area contributed by atoms with Crippen LogP contribution in [0.3, 0.4) is 0 Å². The number of aromatic nitrogens is 2. The summed E-state index contributed by atoms with van der Waals surface area (Å²) in [5.74, 6) is 3.61. The zero-order valence-electron chi connectivity index (χ0n) is 16.9. The largest absolute Gasteiger partial charge is 0.497 e. The zero-order chi connectivity index (χ0) is 19.8. The van der Waals surface area contributed by atoms with Gasteiger partial charge in [0.2, 0.25) is 11.7 Å². The van der Waals surface area contributed by atoms with Crippen molar-refractivity contribution in [1.29, 1.82) is 0 Å². The van der Waals surface area contributed by atoms with Crippen LogP contribution in [0.25, 0.3) is 11.4 Å². The molecule has 0 bridgehead atoms. The van der Waals surface area contributed by atoms with Crippen LogP contribution in [-0.2, 0) is 6.42 Å². The quantitative estimate of drug-likeness (QED) is 0.425. The first-order valence-corrected chi connectivity index (χ1v) is 10.2.